The Morgan fingerprint density at radius 3 is 2.32 bits per heavy atom. The molecule has 160 valence electrons. The summed E-state index contributed by atoms with van der Waals surface area (Å²) in [4.78, 5) is 25.0. The fourth-order valence-corrected chi connectivity index (χ4v) is 4.16. The quantitative estimate of drug-likeness (QED) is 0.340. The summed E-state index contributed by atoms with van der Waals surface area (Å²) in [6.07, 6.45) is 4.18. The summed E-state index contributed by atoms with van der Waals surface area (Å²) in [6, 6.07) is 16.2. The van der Waals surface area contributed by atoms with E-state index in [0.29, 0.717) is 16.5 Å². The van der Waals surface area contributed by atoms with Crippen molar-refractivity contribution in [1.29, 1.82) is 0 Å². The Hall–Kier alpha value is -3.18. The number of anilines is 1. The van der Waals surface area contributed by atoms with Crippen molar-refractivity contribution in [3.05, 3.63) is 82.2 Å². The molecule has 0 spiro atoms. The molecule has 0 aliphatic carbocycles. The predicted molar refractivity (Wildman–Crippen MR) is 129 cm³/mol. The van der Waals surface area contributed by atoms with Crippen molar-refractivity contribution in [2.45, 2.75) is 33.1 Å². The zero-order valence-electron chi connectivity index (χ0n) is 18.3. The van der Waals surface area contributed by atoms with Gasteiger partial charge in [-0.05, 0) is 40.7 Å². The molecule has 0 atom stereocenters. The molecule has 0 fully saturated rings. The first-order valence-electron chi connectivity index (χ1n) is 10.3. The summed E-state index contributed by atoms with van der Waals surface area (Å²) >= 11 is 1.31. The minimum Gasteiger partial charge on any atom is -0.465 e. The van der Waals surface area contributed by atoms with Crippen LogP contribution in [0, 0.1) is 0 Å². The number of aryl methyl sites for hydroxylation is 1. The van der Waals surface area contributed by atoms with Crippen LogP contribution in [0.4, 0.5) is 5.00 Å². The molecule has 0 radical (unpaired) electrons. The lowest BCUT2D eigenvalue weighted by Gasteiger charge is -2.07. The summed E-state index contributed by atoms with van der Waals surface area (Å²) in [5.41, 5.74) is 5.45. The molecule has 4 nitrogen and oxygen atoms in total. The molecule has 2 aromatic carbocycles. The third-order valence-electron chi connectivity index (χ3n) is 5.12. The van der Waals surface area contributed by atoms with Gasteiger partial charge in [0.2, 0.25) is 5.91 Å². The second kappa shape index (κ2) is 10.2. The van der Waals surface area contributed by atoms with Crippen molar-refractivity contribution in [1.82, 2.24) is 0 Å². The zero-order valence-corrected chi connectivity index (χ0v) is 19.1. The highest BCUT2D eigenvalue weighted by molar-refractivity contribution is 7.15. The van der Waals surface area contributed by atoms with Crippen molar-refractivity contribution in [3.8, 4) is 11.1 Å². The van der Waals surface area contributed by atoms with E-state index in [2.05, 4.69) is 38.2 Å². The maximum atomic E-state index is 12.5. The van der Waals surface area contributed by atoms with Gasteiger partial charge in [0.05, 0.1) is 7.11 Å². The van der Waals surface area contributed by atoms with Crippen LogP contribution in [0.1, 0.15) is 53.7 Å². The van der Waals surface area contributed by atoms with Gasteiger partial charge in [-0.1, -0.05) is 69.3 Å². The molecule has 1 heterocycles. The number of hydrogen-bond acceptors (Lipinski definition) is 4. The number of carbonyl (C=O) groups excluding carboxylic acids is 2. The normalized spacial score (nSPS) is 11.1. The lowest BCUT2D eigenvalue weighted by molar-refractivity contribution is -0.111. The fraction of sp³-hybridized carbons (Fsp3) is 0.231. The van der Waals surface area contributed by atoms with Crippen molar-refractivity contribution in [3.63, 3.8) is 0 Å². The number of methoxy groups -OCH3 is 1. The number of ether oxygens (including phenoxy) is 1. The van der Waals surface area contributed by atoms with Crippen LogP contribution in [0.15, 0.2) is 60.0 Å². The number of thiophene rings is 1. The third kappa shape index (κ3) is 5.50. The first kappa shape index (κ1) is 22.5. The second-order valence-corrected chi connectivity index (χ2v) is 8.42. The van der Waals surface area contributed by atoms with Gasteiger partial charge in [-0.15, -0.1) is 11.3 Å². The molecule has 3 rings (SSSR count). The minimum atomic E-state index is -0.473. The van der Waals surface area contributed by atoms with E-state index >= 15 is 0 Å². The molecule has 0 saturated carbocycles. The minimum absolute atomic E-state index is 0.298. The summed E-state index contributed by atoms with van der Waals surface area (Å²) in [7, 11) is 1.34. The average Bonchev–Trinajstić information content (AvgIpc) is 3.20. The van der Waals surface area contributed by atoms with Crippen LogP contribution in [0.2, 0.25) is 0 Å². The van der Waals surface area contributed by atoms with E-state index < -0.39 is 5.97 Å². The summed E-state index contributed by atoms with van der Waals surface area (Å²) in [6.45, 7) is 6.38. The monoisotopic (exact) mass is 433 g/mol. The van der Waals surface area contributed by atoms with Gasteiger partial charge in [-0.2, -0.15) is 0 Å². The Labute approximate surface area is 187 Å². The van der Waals surface area contributed by atoms with Crippen LogP contribution < -0.4 is 5.32 Å². The van der Waals surface area contributed by atoms with E-state index in [9.17, 15) is 9.59 Å². The molecule has 0 aliphatic rings. The molecule has 1 amide bonds. The molecule has 1 N–H and O–H groups in total. The van der Waals surface area contributed by atoms with Crippen molar-refractivity contribution < 1.29 is 14.3 Å². The highest BCUT2D eigenvalue weighted by Crippen LogP contribution is 2.36. The fourth-order valence-electron chi connectivity index (χ4n) is 3.20. The first-order valence-corrected chi connectivity index (χ1v) is 11.2. The average molecular weight is 434 g/mol. The van der Waals surface area contributed by atoms with E-state index in [1.807, 2.05) is 41.8 Å². The third-order valence-corrected chi connectivity index (χ3v) is 6.02. The number of hydrogen-bond donors (Lipinski definition) is 1. The Morgan fingerprint density at radius 1 is 1.06 bits per heavy atom. The van der Waals surface area contributed by atoms with Crippen molar-refractivity contribution in [2.75, 3.05) is 12.4 Å². The van der Waals surface area contributed by atoms with Crippen LogP contribution in [-0.4, -0.2) is 19.0 Å². The topological polar surface area (TPSA) is 55.4 Å². The standard InChI is InChI=1S/C26H27NO3S/c1-5-18-6-13-21(14-7-18)22-16-31-25(24(22)26(29)30-4)27-23(28)15-10-19-8-11-20(12-9-19)17(2)3/h6-17H,5H2,1-4H3,(H,27,28)/b15-10+. The number of nitrogens with one attached hydrogen (secondary N) is 1. The molecule has 0 bridgehead atoms. The SMILES string of the molecule is CCc1ccc(-c2csc(NC(=O)/C=C/c3ccc(C(C)C)cc3)c2C(=O)OC)cc1. The Morgan fingerprint density at radius 2 is 1.74 bits per heavy atom. The van der Waals surface area contributed by atoms with E-state index in [1.54, 1.807) is 6.08 Å². The Kier molecular flexibility index (Phi) is 7.42. The van der Waals surface area contributed by atoms with Gasteiger partial charge in [0, 0.05) is 17.0 Å². The van der Waals surface area contributed by atoms with Gasteiger partial charge in [-0.3, -0.25) is 4.79 Å². The summed E-state index contributed by atoms with van der Waals surface area (Å²) < 4.78 is 4.98. The van der Waals surface area contributed by atoms with Gasteiger partial charge >= 0.3 is 5.97 Å². The zero-order chi connectivity index (χ0) is 22.4. The number of esters is 1. The molecule has 0 aliphatic heterocycles. The number of rotatable bonds is 7. The molecule has 0 saturated heterocycles. The van der Waals surface area contributed by atoms with Crippen LogP contribution in [0.25, 0.3) is 17.2 Å². The molecule has 1 aromatic heterocycles. The van der Waals surface area contributed by atoms with Crippen molar-refractivity contribution in [2.24, 2.45) is 0 Å². The van der Waals surface area contributed by atoms with Gasteiger partial charge in [-0.25, -0.2) is 4.79 Å². The largest absolute Gasteiger partial charge is 0.465 e. The van der Waals surface area contributed by atoms with E-state index in [1.165, 1.54) is 35.6 Å². The van der Waals surface area contributed by atoms with Gasteiger partial charge in [0.25, 0.3) is 0 Å². The molecule has 0 unspecified atom stereocenters. The Bertz CT molecular complexity index is 1080. The number of amides is 1. The lowest BCUT2D eigenvalue weighted by Crippen LogP contribution is -2.11. The first-order chi connectivity index (χ1) is 14.9. The van der Waals surface area contributed by atoms with Gasteiger partial charge in [0.1, 0.15) is 10.6 Å². The Balaban J connectivity index is 1.80. The smallest absolute Gasteiger partial charge is 0.341 e. The predicted octanol–water partition coefficient (Wildman–Crippen LogP) is 6.54. The maximum Gasteiger partial charge on any atom is 0.341 e. The number of carbonyl (C=O) groups is 2. The molecule has 3 aromatic rings. The van der Waals surface area contributed by atoms with E-state index in [-0.39, 0.29) is 5.91 Å². The summed E-state index contributed by atoms with van der Waals surface area (Å²) in [5, 5.41) is 5.18. The van der Waals surface area contributed by atoms with Gasteiger partial charge < -0.3 is 10.1 Å². The van der Waals surface area contributed by atoms with Crippen LogP contribution >= 0.6 is 11.3 Å². The van der Waals surface area contributed by atoms with Crippen LogP contribution in [0.5, 0.6) is 0 Å². The van der Waals surface area contributed by atoms with Gasteiger partial charge in [0.15, 0.2) is 0 Å². The maximum absolute atomic E-state index is 12.5. The number of benzene rings is 2. The van der Waals surface area contributed by atoms with Crippen LogP contribution in [-0.2, 0) is 16.0 Å². The highest BCUT2D eigenvalue weighted by atomic mass is 32.1. The van der Waals surface area contributed by atoms with Crippen LogP contribution in [0.3, 0.4) is 0 Å². The molecule has 5 heteroatoms. The van der Waals surface area contributed by atoms with Crippen molar-refractivity contribution >= 4 is 34.3 Å². The summed E-state index contributed by atoms with van der Waals surface area (Å²) in [5.74, 6) is -0.309. The second-order valence-electron chi connectivity index (χ2n) is 7.54. The molecular weight excluding hydrogens is 406 g/mol. The van der Waals surface area contributed by atoms with E-state index in [4.69, 9.17) is 4.74 Å². The lowest BCUT2D eigenvalue weighted by atomic mass is 10.0. The molecule has 31 heavy (non-hydrogen) atoms. The van der Waals surface area contributed by atoms with E-state index in [0.717, 1.165) is 23.1 Å². The highest BCUT2D eigenvalue weighted by Gasteiger charge is 2.21. The molecular formula is C26H27NO3S.